The van der Waals surface area contributed by atoms with Gasteiger partial charge < -0.3 is 14.2 Å². The highest BCUT2D eigenvalue weighted by molar-refractivity contribution is 7.99. The van der Waals surface area contributed by atoms with Crippen molar-refractivity contribution < 1.29 is 14.2 Å². The van der Waals surface area contributed by atoms with E-state index in [0.29, 0.717) is 42.8 Å². The van der Waals surface area contributed by atoms with E-state index in [-0.39, 0.29) is 0 Å². The smallest absolute Gasteiger partial charge is 0.431 e. The molecule has 0 saturated carbocycles. The molecule has 0 fully saturated rings. The Hall–Kier alpha value is -2.39. The Kier molecular flexibility index (Phi) is 11.0. The predicted octanol–water partition coefficient (Wildman–Crippen LogP) is 7.86. The van der Waals surface area contributed by atoms with Crippen LogP contribution in [0.1, 0.15) is 59.3 Å². The lowest BCUT2D eigenvalue weighted by Gasteiger charge is -2.17. The van der Waals surface area contributed by atoms with Gasteiger partial charge in [-0.15, -0.1) is 0 Å². The minimum atomic E-state index is 0.339. The molecule has 0 saturated heterocycles. The van der Waals surface area contributed by atoms with E-state index in [1.807, 2.05) is 44.2 Å². The minimum absolute atomic E-state index is 0.339. The van der Waals surface area contributed by atoms with Gasteiger partial charge in [0.25, 0.3) is 0 Å². The fraction of sp³-hybridized carbons (Fsp3) is 0.500. The van der Waals surface area contributed by atoms with Gasteiger partial charge in [0.05, 0.1) is 25.9 Å². The molecule has 0 unspecified atom stereocenters. The SMILES string of the molecule is CCCCCCCCOc1c(OCC)cc([N+]#N)c(OCC)c1Sc1ccccc1. The van der Waals surface area contributed by atoms with E-state index in [1.54, 1.807) is 6.07 Å². The van der Waals surface area contributed by atoms with Crippen LogP contribution in [0.15, 0.2) is 46.2 Å². The Morgan fingerprint density at radius 3 is 2.20 bits per heavy atom. The van der Waals surface area contributed by atoms with Crippen LogP contribution < -0.4 is 14.2 Å². The van der Waals surface area contributed by atoms with Crippen LogP contribution in [-0.2, 0) is 0 Å². The van der Waals surface area contributed by atoms with Gasteiger partial charge in [0.15, 0.2) is 16.5 Å². The third-order valence-corrected chi connectivity index (χ3v) is 5.62. The van der Waals surface area contributed by atoms with Gasteiger partial charge in [-0.1, -0.05) is 69.0 Å². The summed E-state index contributed by atoms with van der Waals surface area (Å²) in [5.41, 5.74) is 0.339. The highest BCUT2D eigenvalue weighted by Crippen LogP contribution is 2.52. The maximum Gasteiger partial charge on any atom is 0.431 e. The van der Waals surface area contributed by atoms with Gasteiger partial charge in [-0.05, 0) is 32.4 Å². The van der Waals surface area contributed by atoms with E-state index in [9.17, 15) is 5.39 Å². The van der Waals surface area contributed by atoms with Gasteiger partial charge >= 0.3 is 5.69 Å². The van der Waals surface area contributed by atoms with Crippen LogP contribution in [0, 0.1) is 5.39 Å². The van der Waals surface area contributed by atoms with Crippen molar-refractivity contribution in [1.82, 2.24) is 0 Å². The fourth-order valence-electron chi connectivity index (χ4n) is 3.10. The van der Waals surface area contributed by atoms with Crippen molar-refractivity contribution in [2.75, 3.05) is 19.8 Å². The minimum Gasteiger partial charge on any atom is -0.490 e. The molecular weight excluding hydrogens is 396 g/mol. The van der Waals surface area contributed by atoms with Gasteiger partial charge in [-0.25, -0.2) is 0 Å². The number of hydrogen-bond donors (Lipinski definition) is 0. The average molecular weight is 430 g/mol. The second kappa shape index (κ2) is 13.8. The molecular formula is C24H33N2O3S+. The van der Waals surface area contributed by atoms with Crippen LogP contribution in [0.25, 0.3) is 4.98 Å². The third kappa shape index (κ3) is 7.14. The molecule has 0 N–H and O–H groups in total. The Balaban J connectivity index is 2.32. The van der Waals surface area contributed by atoms with Crippen LogP contribution in [0.5, 0.6) is 17.2 Å². The maximum absolute atomic E-state index is 9.58. The molecule has 0 atom stereocenters. The molecule has 6 heteroatoms. The van der Waals surface area contributed by atoms with Gasteiger partial charge in [0.1, 0.15) is 4.90 Å². The number of nitrogens with zero attached hydrogens (tertiary/aromatic N) is 2. The van der Waals surface area contributed by atoms with E-state index in [2.05, 4.69) is 11.9 Å². The molecule has 0 bridgehead atoms. The zero-order chi connectivity index (χ0) is 21.6. The van der Waals surface area contributed by atoms with Crippen molar-refractivity contribution in [3.63, 3.8) is 0 Å². The summed E-state index contributed by atoms with van der Waals surface area (Å²) < 4.78 is 17.9. The molecule has 2 aromatic rings. The molecule has 2 rings (SSSR count). The monoisotopic (exact) mass is 429 g/mol. The first kappa shape index (κ1) is 23.9. The average Bonchev–Trinajstić information content (AvgIpc) is 2.77. The third-order valence-electron chi connectivity index (χ3n) is 4.54. The van der Waals surface area contributed by atoms with Crippen LogP contribution in [0.3, 0.4) is 0 Å². The Labute approximate surface area is 184 Å². The molecule has 162 valence electrons. The first-order valence-electron chi connectivity index (χ1n) is 10.9. The summed E-state index contributed by atoms with van der Waals surface area (Å²) in [4.78, 5) is 5.25. The van der Waals surface area contributed by atoms with E-state index in [0.717, 1.165) is 22.6 Å². The molecule has 0 aromatic heterocycles. The van der Waals surface area contributed by atoms with Crippen LogP contribution in [0.2, 0.25) is 0 Å². The maximum atomic E-state index is 9.58. The highest BCUT2D eigenvalue weighted by Gasteiger charge is 2.29. The molecule has 0 heterocycles. The van der Waals surface area contributed by atoms with Crippen LogP contribution >= 0.6 is 11.8 Å². The molecule has 0 amide bonds. The molecule has 0 spiro atoms. The number of unbranched alkanes of at least 4 members (excludes halogenated alkanes) is 5. The summed E-state index contributed by atoms with van der Waals surface area (Å²) in [7, 11) is 0. The first-order valence-corrected chi connectivity index (χ1v) is 11.7. The number of hydrogen-bond acceptors (Lipinski definition) is 5. The van der Waals surface area contributed by atoms with Gasteiger partial charge in [0, 0.05) is 4.90 Å². The van der Waals surface area contributed by atoms with Gasteiger partial charge in [-0.2, -0.15) is 0 Å². The number of ether oxygens (including phenoxy) is 3. The predicted molar refractivity (Wildman–Crippen MR) is 123 cm³/mol. The van der Waals surface area contributed by atoms with Crippen molar-refractivity contribution in [1.29, 1.82) is 5.39 Å². The lowest BCUT2D eigenvalue weighted by Crippen LogP contribution is -2.04. The zero-order valence-electron chi connectivity index (χ0n) is 18.4. The molecule has 5 nitrogen and oxygen atoms in total. The quantitative estimate of drug-likeness (QED) is 0.226. The van der Waals surface area contributed by atoms with Crippen molar-refractivity contribution in [2.45, 2.75) is 69.1 Å². The molecule has 0 radical (unpaired) electrons. The summed E-state index contributed by atoms with van der Waals surface area (Å²) in [5, 5.41) is 9.58. The molecule has 0 aliphatic carbocycles. The lowest BCUT2D eigenvalue weighted by atomic mass is 10.1. The van der Waals surface area contributed by atoms with Crippen molar-refractivity contribution >= 4 is 17.4 Å². The van der Waals surface area contributed by atoms with E-state index < -0.39 is 0 Å². The summed E-state index contributed by atoms with van der Waals surface area (Å²) in [6.07, 6.45) is 7.17. The molecule has 0 aliphatic heterocycles. The summed E-state index contributed by atoms with van der Waals surface area (Å²) in [5.74, 6) is 1.73. The Morgan fingerprint density at radius 2 is 1.53 bits per heavy atom. The summed E-state index contributed by atoms with van der Waals surface area (Å²) >= 11 is 1.52. The number of benzene rings is 2. The van der Waals surface area contributed by atoms with Crippen molar-refractivity contribution in [3.05, 3.63) is 41.4 Å². The summed E-state index contributed by atoms with van der Waals surface area (Å²) in [6, 6.07) is 11.7. The second-order valence-corrected chi connectivity index (χ2v) is 7.96. The molecule has 2 aromatic carbocycles. The summed E-state index contributed by atoms with van der Waals surface area (Å²) in [6.45, 7) is 7.61. The largest absolute Gasteiger partial charge is 0.490 e. The van der Waals surface area contributed by atoms with Gasteiger partial charge in [0.2, 0.25) is 11.1 Å². The zero-order valence-corrected chi connectivity index (χ0v) is 19.2. The fourth-order valence-corrected chi connectivity index (χ4v) is 4.14. The van der Waals surface area contributed by atoms with E-state index >= 15 is 0 Å². The topological polar surface area (TPSA) is 55.8 Å². The van der Waals surface area contributed by atoms with E-state index in [1.165, 1.54) is 37.4 Å². The molecule has 0 aliphatic rings. The normalized spacial score (nSPS) is 10.5. The van der Waals surface area contributed by atoms with Gasteiger partial charge in [-0.3, -0.25) is 0 Å². The van der Waals surface area contributed by atoms with Crippen molar-refractivity contribution in [3.8, 4) is 17.2 Å². The standard InChI is InChI=1S/C24H33N2O3S/c1-4-7-8-9-10-14-17-29-23-21(27-5-2)18-20(26-25)22(28-6-3)24(23)30-19-15-12-11-13-16-19/h11-13,15-16,18H,4-10,14,17H2,1-3H3/q+1. The first-order chi connectivity index (χ1) is 14.7. The van der Waals surface area contributed by atoms with Crippen molar-refractivity contribution in [2.24, 2.45) is 0 Å². The molecule has 30 heavy (non-hydrogen) atoms. The Bertz CT molecular complexity index is 806. The number of rotatable bonds is 14. The van der Waals surface area contributed by atoms with Crippen LogP contribution in [-0.4, -0.2) is 19.8 Å². The lowest BCUT2D eigenvalue weighted by molar-refractivity contribution is 0.258. The number of diazo groups is 1. The second-order valence-electron chi connectivity index (χ2n) is 6.88. The highest BCUT2D eigenvalue weighted by atomic mass is 32.2. The van der Waals surface area contributed by atoms with E-state index in [4.69, 9.17) is 14.2 Å². The Morgan fingerprint density at radius 1 is 0.833 bits per heavy atom. The van der Waals surface area contributed by atoms with Crippen LogP contribution in [0.4, 0.5) is 5.69 Å².